The number of halogens is 1. The molecule has 1 N–H and O–H groups in total. The van der Waals surface area contributed by atoms with Crippen molar-refractivity contribution in [1.29, 1.82) is 0 Å². The SMILES string of the molecule is O=C(NC(c1ccc(Cl)cc1)c1ccsc1)C1CCN(C(=O)c2ccco2)CC1. The number of nitrogens with one attached hydrogen (secondary N) is 1. The standard InChI is InChI=1S/C22H21ClN2O3S/c23-18-5-3-15(4-6-18)20(17-9-13-29-14-17)24-21(26)16-7-10-25(11-8-16)22(27)19-2-1-12-28-19/h1-6,9,12-14,16,20H,7-8,10-11H2,(H,24,26). The Labute approximate surface area is 178 Å². The average Bonchev–Trinajstić information content (AvgIpc) is 3.46. The minimum absolute atomic E-state index is 0.0150. The molecule has 4 rings (SSSR count). The Balaban J connectivity index is 1.41. The van der Waals surface area contributed by atoms with Crippen LogP contribution in [0.2, 0.25) is 5.02 Å². The van der Waals surface area contributed by atoms with Gasteiger partial charge in [0.25, 0.3) is 5.91 Å². The van der Waals surface area contributed by atoms with Crippen molar-refractivity contribution in [1.82, 2.24) is 10.2 Å². The quantitative estimate of drug-likeness (QED) is 0.637. The van der Waals surface area contributed by atoms with Crippen molar-refractivity contribution in [2.24, 2.45) is 5.92 Å². The summed E-state index contributed by atoms with van der Waals surface area (Å²) in [4.78, 5) is 27.1. The second kappa shape index (κ2) is 8.84. The summed E-state index contributed by atoms with van der Waals surface area (Å²) in [5.41, 5.74) is 2.04. The molecule has 0 radical (unpaired) electrons. The Kier molecular flexibility index (Phi) is 6.02. The van der Waals surface area contributed by atoms with Crippen LogP contribution in [-0.2, 0) is 4.79 Å². The molecule has 2 amide bonds. The lowest BCUT2D eigenvalue weighted by Gasteiger charge is -2.31. The number of furan rings is 1. The number of carbonyl (C=O) groups is 2. The van der Waals surface area contributed by atoms with Crippen LogP contribution in [0, 0.1) is 5.92 Å². The van der Waals surface area contributed by atoms with Crippen molar-refractivity contribution >= 4 is 34.8 Å². The highest BCUT2D eigenvalue weighted by atomic mass is 35.5. The molecule has 150 valence electrons. The number of amides is 2. The summed E-state index contributed by atoms with van der Waals surface area (Å²) in [5.74, 6) is 0.115. The van der Waals surface area contributed by atoms with Crippen LogP contribution in [0.5, 0.6) is 0 Å². The fraction of sp³-hybridized carbons (Fsp3) is 0.273. The van der Waals surface area contributed by atoms with E-state index < -0.39 is 0 Å². The molecule has 5 nitrogen and oxygen atoms in total. The van der Waals surface area contributed by atoms with Gasteiger partial charge in [0.1, 0.15) is 0 Å². The molecular formula is C22H21ClN2O3S. The van der Waals surface area contributed by atoms with Gasteiger partial charge in [-0.2, -0.15) is 11.3 Å². The number of carbonyl (C=O) groups excluding carboxylic acids is 2. The third kappa shape index (κ3) is 4.54. The highest BCUT2D eigenvalue weighted by Gasteiger charge is 2.30. The summed E-state index contributed by atoms with van der Waals surface area (Å²) in [6.45, 7) is 1.09. The number of hydrogen-bond donors (Lipinski definition) is 1. The molecule has 7 heteroatoms. The molecule has 0 aliphatic carbocycles. The minimum atomic E-state index is -0.214. The van der Waals surface area contributed by atoms with E-state index in [1.54, 1.807) is 28.4 Å². The van der Waals surface area contributed by atoms with E-state index in [1.807, 2.05) is 41.1 Å². The predicted octanol–water partition coefficient (Wildman–Crippen LogP) is 4.75. The van der Waals surface area contributed by atoms with Gasteiger partial charge in [-0.25, -0.2) is 0 Å². The van der Waals surface area contributed by atoms with Crippen LogP contribution in [0.25, 0.3) is 0 Å². The molecule has 1 unspecified atom stereocenters. The number of piperidine rings is 1. The second-order valence-corrected chi connectivity index (χ2v) is 8.31. The van der Waals surface area contributed by atoms with Crippen LogP contribution >= 0.6 is 22.9 Å². The Bertz CT molecular complexity index is 947. The molecular weight excluding hydrogens is 408 g/mol. The van der Waals surface area contributed by atoms with Crippen LogP contribution in [0.4, 0.5) is 0 Å². The highest BCUT2D eigenvalue weighted by Crippen LogP contribution is 2.27. The van der Waals surface area contributed by atoms with Gasteiger partial charge in [-0.1, -0.05) is 23.7 Å². The van der Waals surface area contributed by atoms with Gasteiger partial charge in [0, 0.05) is 24.0 Å². The normalized spacial score (nSPS) is 15.8. The molecule has 1 atom stereocenters. The third-order valence-electron chi connectivity index (χ3n) is 5.25. The van der Waals surface area contributed by atoms with Crippen molar-refractivity contribution in [3.63, 3.8) is 0 Å². The van der Waals surface area contributed by atoms with Crippen LogP contribution in [0.15, 0.2) is 63.9 Å². The molecule has 2 aromatic heterocycles. The largest absolute Gasteiger partial charge is 0.459 e. The predicted molar refractivity (Wildman–Crippen MR) is 113 cm³/mol. The minimum Gasteiger partial charge on any atom is -0.459 e. The lowest BCUT2D eigenvalue weighted by Crippen LogP contribution is -2.43. The van der Waals surface area contributed by atoms with Crippen LogP contribution in [0.3, 0.4) is 0 Å². The molecule has 1 aliphatic rings. The molecule has 0 bridgehead atoms. The Morgan fingerprint density at radius 3 is 2.48 bits per heavy atom. The van der Waals surface area contributed by atoms with E-state index in [2.05, 4.69) is 5.32 Å². The number of likely N-dealkylation sites (tertiary alicyclic amines) is 1. The maximum absolute atomic E-state index is 13.0. The lowest BCUT2D eigenvalue weighted by atomic mass is 9.94. The summed E-state index contributed by atoms with van der Waals surface area (Å²) in [7, 11) is 0. The zero-order chi connectivity index (χ0) is 20.2. The van der Waals surface area contributed by atoms with E-state index in [9.17, 15) is 9.59 Å². The molecule has 3 heterocycles. The van der Waals surface area contributed by atoms with Gasteiger partial charge in [-0.05, 0) is 65.1 Å². The summed E-state index contributed by atoms with van der Waals surface area (Å²) in [5, 5.41) is 7.91. The average molecular weight is 429 g/mol. The van der Waals surface area contributed by atoms with Gasteiger partial charge in [-0.15, -0.1) is 0 Å². The summed E-state index contributed by atoms with van der Waals surface area (Å²) < 4.78 is 5.20. The number of thiophene rings is 1. The first-order valence-corrected chi connectivity index (χ1v) is 10.8. The van der Waals surface area contributed by atoms with Crippen LogP contribution in [-0.4, -0.2) is 29.8 Å². The molecule has 0 spiro atoms. The number of rotatable bonds is 5. The van der Waals surface area contributed by atoms with E-state index in [0.717, 1.165) is 11.1 Å². The fourth-order valence-electron chi connectivity index (χ4n) is 3.61. The molecule has 1 aliphatic heterocycles. The van der Waals surface area contributed by atoms with Crippen molar-refractivity contribution in [2.75, 3.05) is 13.1 Å². The van der Waals surface area contributed by atoms with Gasteiger partial charge in [0.05, 0.1) is 12.3 Å². The fourth-order valence-corrected chi connectivity index (χ4v) is 4.43. The van der Waals surface area contributed by atoms with E-state index >= 15 is 0 Å². The summed E-state index contributed by atoms with van der Waals surface area (Å²) in [6.07, 6.45) is 2.76. The van der Waals surface area contributed by atoms with Gasteiger partial charge in [0.2, 0.25) is 5.91 Å². The molecule has 0 saturated carbocycles. The topological polar surface area (TPSA) is 62.6 Å². The van der Waals surface area contributed by atoms with Gasteiger partial charge >= 0.3 is 0 Å². The highest BCUT2D eigenvalue weighted by molar-refractivity contribution is 7.08. The Hall–Kier alpha value is -2.57. The first-order chi connectivity index (χ1) is 14.1. The van der Waals surface area contributed by atoms with Crippen LogP contribution < -0.4 is 5.32 Å². The monoisotopic (exact) mass is 428 g/mol. The van der Waals surface area contributed by atoms with Gasteiger partial charge < -0.3 is 14.6 Å². The van der Waals surface area contributed by atoms with Crippen LogP contribution in [0.1, 0.15) is 40.6 Å². The zero-order valence-electron chi connectivity index (χ0n) is 15.7. The molecule has 1 fully saturated rings. The number of nitrogens with zero attached hydrogens (tertiary/aromatic N) is 1. The Morgan fingerprint density at radius 2 is 1.86 bits per heavy atom. The second-order valence-electron chi connectivity index (χ2n) is 7.09. The molecule has 1 saturated heterocycles. The van der Waals surface area contributed by atoms with Gasteiger partial charge in [0.15, 0.2) is 5.76 Å². The summed E-state index contributed by atoms with van der Waals surface area (Å²) >= 11 is 7.62. The number of benzene rings is 1. The number of hydrogen-bond acceptors (Lipinski definition) is 4. The first-order valence-electron chi connectivity index (χ1n) is 9.52. The van der Waals surface area contributed by atoms with Crippen molar-refractivity contribution in [2.45, 2.75) is 18.9 Å². The van der Waals surface area contributed by atoms with Crippen molar-refractivity contribution in [3.8, 4) is 0 Å². The molecule has 3 aromatic rings. The maximum atomic E-state index is 13.0. The first kappa shape index (κ1) is 19.7. The van der Waals surface area contributed by atoms with E-state index in [-0.39, 0.29) is 23.8 Å². The van der Waals surface area contributed by atoms with E-state index in [4.69, 9.17) is 16.0 Å². The van der Waals surface area contributed by atoms with E-state index in [1.165, 1.54) is 6.26 Å². The molecule has 29 heavy (non-hydrogen) atoms. The maximum Gasteiger partial charge on any atom is 0.289 e. The third-order valence-corrected chi connectivity index (χ3v) is 6.20. The summed E-state index contributed by atoms with van der Waals surface area (Å²) in [6, 6.07) is 12.7. The zero-order valence-corrected chi connectivity index (χ0v) is 17.3. The van der Waals surface area contributed by atoms with Crippen molar-refractivity contribution in [3.05, 3.63) is 81.4 Å². The van der Waals surface area contributed by atoms with Crippen molar-refractivity contribution < 1.29 is 14.0 Å². The van der Waals surface area contributed by atoms with Gasteiger partial charge in [-0.3, -0.25) is 9.59 Å². The Morgan fingerprint density at radius 1 is 1.10 bits per heavy atom. The lowest BCUT2D eigenvalue weighted by molar-refractivity contribution is -0.126. The molecule has 1 aromatic carbocycles. The smallest absolute Gasteiger partial charge is 0.289 e. The van der Waals surface area contributed by atoms with E-state index in [0.29, 0.717) is 36.7 Å².